The first kappa shape index (κ1) is 19.5. The molecule has 7 heteroatoms. The van der Waals surface area contributed by atoms with Crippen LogP contribution in [0.25, 0.3) is 0 Å². The number of hydrogen-bond donors (Lipinski definition) is 1. The molecule has 1 aliphatic heterocycles. The number of hydrogen-bond acceptors (Lipinski definition) is 4. The third kappa shape index (κ3) is 4.91. The van der Waals surface area contributed by atoms with Crippen LogP contribution in [0.4, 0.5) is 4.39 Å². The minimum Gasteiger partial charge on any atom is -0.356 e. The minimum atomic E-state index is -0.477. The Bertz CT molecular complexity index is 808. The number of benzene rings is 1. The van der Waals surface area contributed by atoms with Gasteiger partial charge in [0.15, 0.2) is 0 Å². The normalized spacial score (nSPS) is 17.0. The topological polar surface area (TPSA) is 62.3 Å². The summed E-state index contributed by atoms with van der Waals surface area (Å²) in [7, 11) is 0. The van der Waals surface area contributed by atoms with Gasteiger partial charge in [0.1, 0.15) is 5.82 Å². The van der Waals surface area contributed by atoms with E-state index in [9.17, 15) is 14.0 Å². The van der Waals surface area contributed by atoms with Gasteiger partial charge in [0, 0.05) is 43.8 Å². The Morgan fingerprint density at radius 2 is 2.19 bits per heavy atom. The van der Waals surface area contributed by atoms with Crippen LogP contribution in [0, 0.1) is 5.82 Å². The molecule has 1 aromatic carbocycles. The predicted octanol–water partition coefficient (Wildman–Crippen LogP) is 3.37. The Morgan fingerprint density at radius 1 is 1.37 bits per heavy atom. The smallest absolute Gasteiger partial charge is 0.256 e. The summed E-state index contributed by atoms with van der Waals surface area (Å²) in [6, 6.07) is 6.12. The third-order valence-corrected chi connectivity index (χ3v) is 5.81. The van der Waals surface area contributed by atoms with Crippen LogP contribution in [0.15, 0.2) is 29.6 Å². The van der Waals surface area contributed by atoms with Crippen molar-refractivity contribution in [2.45, 2.75) is 38.5 Å². The number of carbonyl (C=O) groups excluding carboxylic acids is 2. The highest BCUT2D eigenvalue weighted by Crippen LogP contribution is 2.30. The van der Waals surface area contributed by atoms with Crippen LogP contribution < -0.4 is 5.32 Å². The van der Waals surface area contributed by atoms with Gasteiger partial charge in [0.2, 0.25) is 5.91 Å². The van der Waals surface area contributed by atoms with Crippen LogP contribution in [-0.2, 0) is 11.2 Å². The fourth-order valence-electron chi connectivity index (χ4n) is 3.25. The van der Waals surface area contributed by atoms with Crippen molar-refractivity contribution in [2.75, 3.05) is 19.6 Å². The largest absolute Gasteiger partial charge is 0.356 e. The average molecular weight is 389 g/mol. The van der Waals surface area contributed by atoms with Gasteiger partial charge in [-0.2, -0.15) is 0 Å². The SMILES string of the molecule is CCC(=O)NCCc1csc([C@@H]2CCCN(C(=O)c3ccccc3F)C2)n1. The van der Waals surface area contributed by atoms with Crippen molar-refractivity contribution < 1.29 is 14.0 Å². The van der Waals surface area contributed by atoms with Gasteiger partial charge in [-0.25, -0.2) is 9.37 Å². The summed E-state index contributed by atoms with van der Waals surface area (Å²) < 4.78 is 13.9. The van der Waals surface area contributed by atoms with Gasteiger partial charge in [0.05, 0.1) is 16.3 Å². The van der Waals surface area contributed by atoms with Crippen molar-refractivity contribution in [3.05, 3.63) is 51.7 Å². The van der Waals surface area contributed by atoms with Crippen molar-refractivity contribution in [1.29, 1.82) is 0 Å². The van der Waals surface area contributed by atoms with E-state index in [1.54, 1.807) is 28.4 Å². The van der Waals surface area contributed by atoms with Crippen LogP contribution in [-0.4, -0.2) is 41.3 Å². The van der Waals surface area contributed by atoms with Gasteiger partial charge < -0.3 is 10.2 Å². The Labute approximate surface area is 162 Å². The lowest BCUT2D eigenvalue weighted by molar-refractivity contribution is -0.120. The lowest BCUT2D eigenvalue weighted by Crippen LogP contribution is -2.39. The number of nitrogens with zero attached hydrogens (tertiary/aromatic N) is 2. The summed E-state index contributed by atoms with van der Waals surface area (Å²) in [6.07, 6.45) is 3.04. The van der Waals surface area contributed by atoms with Crippen molar-refractivity contribution in [3.8, 4) is 0 Å². The molecule has 27 heavy (non-hydrogen) atoms. The number of rotatable bonds is 6. The van der Waals surface area contributed by atoms with Crippen LogP contribution in [0.3, 0.4) is 0 Å². The van der Waals surface area contributed by atoms with E-state index in [0.29, 0.717) is 32.5 Å². The second-order valence-electron chi connectivity index (χ2n) is 6.70. The molecule has 0 radical (unpaired) electrons. The van der Waals surface area contributed by atoms with Crippen molar-refractivity contribution in [1.82, 2.24) is 15.2 Å². The molecule has 0 spiro atoms. The van der Waals surface area contributed by atoms with Crippen LogP contribution >= 0.6 is 11.3 Å². The molecule has 2 amide bonds. The first-order valence-corrected chi connectivity index (χ1v) is 10.2. The lowest BCUT2D eigenvalue weighted by atomic mass is 9.98. The Hall–Kier alpha value is -2.28. The maximum atomic E-state index is 13.9. The first-order valence-electron chi connectivity index (χ1n) is 9.33. The fourth-order valence-corrected chi connectivity index (χ4v) is 4.23. The van der Waals surface area contributed by atoms with E-state index in [2.05, 4.69) is 5.32 Å². The van der Waals surface area contributed by atoms with Crippen LogP contribution in [0.1, 0.15) is 53.2 Å². The summed E-state index contributed by atoms with van der Waals surface area (Å²) in [5.41, 5.74) is 1.09. The zero-order valence-electron chi connectivity index (χ0n) is 15.4. The predicted molar refractivity (Wildman–Crippen MR) is 103 cm³/mol. The molecule has 2 aromatic rings. The molecule has 0 bridgehead atoms. The summed E-state index contributed by atoms with van der Waals surface area (Å²) in [4.78, 5) is 30.4. The van der Waals surface area contributed by atoms with Gasteiger partial charge in [-0.15, -0.1) is 11.3 Å². The van der Waals surface area contributed by atoms with E-state index in [-0.39, 0.29) is 23.3 Å². The zero-order valence-corrected chi connectivity index (χ0v) is 16.2. The van der Waals surface area contributed by atoms with Crippen LogP contribution in [0.2, 0.25) is 0 Å². The lowest BCUT2D eigenvalue weighted by Gasteiger charge is -2.32. The van der Waals surface area contributed by atoms with E-state index in [0.717, 1.165) is 23.5 Å². The molecule has 1 atom stereocenters. The number of halogens is 1. The molecule has 5 nitrogen and oxygen atoms in total. The molecule has 1 N–H and O–H groups in total. The molecular weight excluding hydrogens is 365 g/mol. The van der Waals surface area contributed by atoms with Crippen molar-refractivity contribution in [3.63, 3.8) is 0 Å². The fraction of sp³-hybridized carbons (Fsp3) is 0.450. The second kappa shape index (κ2) is 9.08. The molecular formula is C20H24FN3O2S. The number of nitrogens with one attached hydrogen (secondary N) is 1. The minimum absolute atomic E-state index is 0.0417. The van der Waals surface area contributed by atoms with Gasteiger partial charge in [-0.1, -0.05) is 19.1 Å². The van der Waals surface area contributed by atoms with E-state index < -0.39 is 5.82 Å². The van der Waals surface area contributed by atoms with Gasteiger partial charge >= 0.3 is 0 Å². The second-order valence-corrected chi connectivity index (χ2v) is 7.59. The van der Waals surface area contributed by atoms with E-state index in [4.69, 9.17) is 4.98 Å². The average Bonchev–Trinajstić information content (AvgIpc) is 3.17. The van der Waals surface area contributed by atoms with E-state index in [1.807, 2.05) is 12.3 Å². The number of piperidine rings is 1. The molecule has 1 aromatic heterocycles. The molecule has 1 saturated heterocycles. The number of carbonyl (C=O) groups is 2. The molecule has 0 unspecified atom stereocenters. The van der Waals surface area contributed by atoms with Gasteiger partial charge in [-0.05, 0) is 25.0 Å². The van der Waals surface area contributed by atoms with Gasteiger partial charge in [-0.3, -0.25) is 9.59 Å². The molecule has 3 rings (SSSR count). The maximum Gasteiger partial charge on any atom is 0.256 e. The van der Waals surface area contributed by atoms with E-state index >= 15 is 0 Å². The Kier molecular flexibility index (Phi) is 6.55. The molecule has 0 aliphatic carbocycles. The highest BCUT2D eigenvalue weighted by molar-refractivity contribution is 7.09. The quantitative estimate of drug-likeness (QED) is 0.824. The highest BCUT2D eigenvalue weighted by atomic mass is 32.1. The molecule has 0 saturated carbocycles. The molecule has 1 aliphatic rings. The van der Waals surface area contributed by atoms with Crippen molar-refractivity contribution in [2.24, 2.45) is 0 Å². The number of aromatic nitrogens is 1. The van der Waals surface area contributed by atoms with E-state index in [1.165, 1.54) is 12.1 Å². The zero-order chi connectivity index (χ0) is 19.2. The van der Waals surface area contributed by atoms with Gasteiger partial charge in [0.25, 0.3) is 5.91 Å². The summed E-state index contributed by atoms with van der Waals surface area (Å²) >= 11 is 1.60. The standard InChI is InChI=1S/C20H24FN3O2S/c1-2-18(25)22-10-9-15-13-27-19(23-15)14-6-5-11-24(12-14)20(26)16-7-3-4-8-17(16)21/h3-4,7-8,13-14H,2,5-6,9-12H2,1H3,(H,22,25)/t14-/m1/s1. The number of likely N-dealkylation sites (tertiary alicyclic amines) is 1. The first-order chi connectivity index (χ1) is 13.1. The summed E-state index contributed by atoms with van der Waals surface area (Å²) in [5, 5.41) is 5.88. The highest BCUT2D eigenvalue weighted by Gasteiger charge is 2.28. The number of amides is 2. The Morgan fingerprint density at radius 3 is 2.96 bits per heavy atom. The monoisotopic (exact) mass is 389 g/mol. The number of thiazole rings is 1. The Balaban J connectivity index is 1.60. The molecule has 1 fully saturated rings. The third-order valence-electron chi connectivity index (χ3n) is 4.76. The molecule has 144 valence electrons. The van der Waals surface area contributed by atoms with Crippen LogP contribution in [0.5, 0.6) is 0 Å². The summed E-state index contributed by atoms with van der Waals surface area (Å²) in [5.74, 6) is -0.509. The maximum absolute atomic E-state index is 13.9. The molecule has 2 heterocycles. The summed E-state index contributed by atoms with van der Waals surface area (Å²) in [6.45, 7) is 3.61. The van der Waals surface area contributed by atoms with Crippen molar-refractivity contribution >= 4 is 23.2 Å².